The number of rotatable bonds is 5. The van der Waals surface area contributed by atoms with E-state index in [0.717, 1.165) is 36.1 Å². The van der Waals surface area contributed by atoms with Crippen molar-refractivity contribution in [2.24, 2.45) is 0 Å². The van der Waals surface area contributed by atoms with Gasteiger partial charge in [-0.15, -0.1) is 11.3 Å². The van der Waals surface area contributed by atoms with Crippen LogP contribution >= 0.6 is 23.1 Å². The first-order chi connectivity index (χ1) is 16.1. The van der Waals surface area contributed by atoms with Crippen molar-refractivity contribution in [3.05, 3.63) is 45.1 Å². The second-order valence-electron chi connectivity index (χ2n) is 8.05. The van der Waals surface area contributed by atoms with Crippen LogP contribution in [-0.4, -0.2) is 52.3 Å². The zero-order chi connectivity index (χ0) is 22.9. The maximum atomic E-state index is 13.9. The van der Waals surface area contributed by atoms with Gasteiger partial charge in [-0.2, -0.15) is 0 Å². The Kier molecular flexibility index (Phi) is 6.11. The first kappa shape index (κ1) is 22.0. The molecule has 1 aliphatic heterocycles. The van der Waals surface area contributed by atoms with Crippen LogP contribution in [0, 0.1) is 0 Å². The third-order valence-corrected chi connectivity index (χ3v) is 8.11. The fourth-order valence-corrected chi connectivity index (χ4v) is 6.54. The lowest BCUT2D eigenvalue weighted by Crippen LogP contribution is -2.35. The van der Waals surface area contributed by atoms with Crippen LogP contribution in [0.2, 0.25) is 0 Å². The van der Waals surface area contributed by atoms with Crippen molar-refractivity contribution < 1.29 is 14.3 Å². The predicted molar refractivity (Wildman–Crippen MR) is 129 cm³/mol. The third kappa shape index (κ3) is 4.13. The lowest BCUT2D eigenvalue weighted by atomic mass is 10.1. The fraction of sp³-hybridized carbons (Fsp3) is 0.391. The lowest BCUT2D eigenvalue weighted by Gasteiger charge is -2.15. The Hall–Kier alpha value is -2.85. The summed E-state index contributed by atoms with van der Waals surface area (Å²) in [6.45, 7) is 0.805. The number of nitrogens with zero attached hydrogens (tertiary/aromatic N) is 3. The Morgan fingerprint density at radius 2 is 2.09 bits per heavy atom. The highest BCUT2D eigenvalue weighted by Crippen LogP contribution is 2.35. The SMILES string of the molecule is COc1cccc(-n2c(SCC(=O)N3CCNC3=O)nc3sc4c(c3c2=O)CCCCC4)c1. The van der Waals surface area contributed by atoms with Gasteiger partial charge in [0.15, 0.2) is 5.16 Å². The fourth-order valence-electron chi connectivity index (χ4n) is 4.35. The Bertz CT molecular complexity index is 1300. The average molecular weight is 485 g/mol. The van der Waals surface area contributed by atoms with Gasteiger partial charge in [0.1, 0.15) is 10.6 Å². The van der Waals surface area contributed by atoms with Crippen LogP contribution in [0.25, 0.3) is 15.9 Å². The van der Waals surface area contributed by atoms with E-state index in [4.69, 9.17) is 9.72 Å². The van der Waals surface area contributed by atoms with Crippen molar-refractivity contribution in [1.82, 2.24) is 19.8 Å². The number of benzene rings is 1. The topological polar surface area (TPSA) is 93.5 Å². The standard InChI is InChI=1S/C23H24N4O4S2/c1-31-15-7-5-6-14(12-15)27-21(29)19-16-8-3-2-4-9-17(16)33-20(19)25-23(27)32-13-18(28)26-11-10-24-22(26)30/h5-7,12H,2-4,8-11,13H2,1H3,(H,24,30). The molecule has 33 heavy (non-hydrogen) atoms. The molecule has 0 atom stereocenters. The Morgan fingerprint density at radius 3 is 2.88 bits per heavy atom. The van der Waals surface area contributed by atoms with E-state index in [1.54, 1.807) is 29.1 Å². The second kappa shape index (κ2) is 9.18. The van der Waals surface area contributed by atoms with Gasteiger partial charge in [-0.25, -0.2) is 9.78 Å². The number of aromatic nitrogens is 2. The number of carbonyl (C=O) groups excluding carboxylic acids is 2. The Labute approximate surface area is 198 Å². The molecule has 3 aromatic rings. The lowest BCUT2D eigenvalue weighted by molar-refractivity contribution is -0.124. The number of amides is 3. The van der Waals surface area contributed by atoms with E-state index in [0.29, 0.717) is 35.1 Å². The van der Waals surface area contributed by atoms with Gasteiger partial charge in [0, 0.05) is 24.0 Å². The Balaban J connectivity index is 1.61. The molecule has 2 aliphatic rings. The van der Waals surface area contributed by atoms with E-state index in [2.05, 4.69) is 5.32 Å². The van der Waals surface area contributed by atoms with Gasteiger partial charge in [0.05, 0.1) is 23.9 Å². The molecule has 1 fully saturated rings. The number of hydrogen-bond acceptors (Lipinski definition) is 7. The molecule has 1 saturated heterocycles. The van der Waals surface area contributed by atoms with Crippen molar-refractivity contribution >= 4 is 45.3 Å². The number of methoxy groups -OCH3 is 1. The highest BCUT2D eigenvalue weighted by Gasteiger charge is 2.27. The summed E-state index contributed by atoms with van der Waals surface area (Å²) in [6, 6.07) is 6.89. The molecule has 0 spiro atoms. The minimum absolute atomic E-state index is 0.0143. The quantitative estimate of drug-likeness (QED) is 0.339. The summed E-state index contributed by atoms with van der Waals surface area (Å²) in [5.74, 6) is 0.341. The molecule has 0 saturated carbocycles. The number of thioether (sulfide) groups is 1. The van der Waals surface area contributed by atoms with E-state index in [1.807, 2.05) is 18.2 Å². The van der Waals surface area contributed by atoms with Crippen LogP contribution in [0.4, 0.5) is 4.79 Å². The molecule has 1 aliphatic carbocycles. The third-order valence-electron chi connectivity index (χ3n) is 6.00. The molecule has 1 aromatic carbocycles. The summed E-state index contributed by atoms with van der Waals surface area (Å²) in [4.78, 5) is 46.4. The first-order valence-corrected chi connectivity index (χ1v) is 12.8. The predicted octanol–water partition coefficient (Wildman–Crippen LogP) is 3.37. The second-order valence-corrected chi connectivity index (χ2v) is 10.1. The molecule has 5 rings (SSSR count). The van der Waals surface area contributed by atoms with E-state index >= 15 is 0 Å². The number of fused-ring (bicyclic) bond motifs is 3. The number of imide groups is 1. The summed E-state index contributed by atoms with van der Waals surface area (Å²) in [7, 11) is 1.58. The van der Waals surface area contributed by atoms with Gasteiger partial charge in [0.2, 0.25) is 5.91 Å². The van der Waals surface area contributed by atoms with Gasteiger partial charge in [-0.05, 0) is 43.4 Å². The number of hydrogen-bond donors (Lipinski definition) is 1. The largest absolute Gasteiger partial charge is 0.497 e. The van der Waals surface area contributed by atoms with E-state index in [1.165, 1.54) is 28.0 Å². The van der Waals surface area contributed by atoms with Crippen molar-refractivity contribution in [2.45, 2.75) is 37.3 Å². The molecule has 0 bridgehead atoms. The molecule has 3 heterocycles. The summed E-state index contributed by atoms with van der Waals surface area (Å²) < 4.78 is 6.94. The number of carbonyl (C=O) groups is 2. The summed E-state index contributed by atoms with van der Waals surface area (Å²) in [5, 5.41) is 3.76. The van der Waals surface area contributed by atoms with Gasteiger partial charge < -0.3 is 10.1 Å². The van der Waals surface area contributed by atoms with Crippen LogP contribution in [0.1, 0.15) is 29.7 Å². The van der Waals surface area contributed by atoms with Crippen LogP contribution in [-0.2, 0) is 17.6 Å². The highest BCUT2D eigenvalue weighted by molar-refractivity contribution is 7.99. The smallest absolute Gasteiger partial charge is 0.324 e. The highest BCUT2D eigenvalue weighted by atomic mass is 32.2. The minimum Gasteiger partial charge on any atom is -0.497 e. The van der Waals surface area contributed by atoms with E-state index < -0.39 is 0 Å². The molecule has 172 valence electrons. The van der Waals surface area contributed by atoms with Crippen molar-refractivity contribution in [3.63, 3.8) is 0 Å². The van der Waals surface area contributed by atoms with Crippen molar-refractivity contribution in [3.8, 4) is 11.4 Å². The molecule has 8 nitrogen and oxygen atoms in total. The van der Waals surface area contributed by atoms with Crippen LogP contribution in [0.15, 0.2) is 34.2 Å². The van der Waals surface area contributed by atoms with E-state index in [9.17, 15) is 14.4 Å². The number of nitrogens with one attached hydrogen (secondary N) is 1. The van der Waals surface area contributed by atoms with E-state index in [-0.39, 0.29) is 23.3 Å². The summed E-state index contributed by atoms with van der Waals surface area (Å²) in [5.41, 5.74) is 1.64. The molecule has 0 unspecified atom stereocenters. The number of urea groups is 1. The van der Waals surface area contributed by atoms with Gasteiger partial charge >= 0.3 is 6.03 Å². The monoisotopic (exact) mass is 484 g/mol. The maximum absolute atomic E-state index is 13.9. The molecular weight excluding hydrogens is 460 g/mol. The van der Waals surface area contributed by atoms with Crippen LogP contribution in [0.3, 0.4) is 0 Å². The number of ether oxygens (including phenoxy) is 1. The molecule has 2 aromatic heterocycles. The van der Waals surface area contributed by atoms with Gasteiger partial charge in [0.25, 0.3) is 5.56 Å². The average Bonchev–Trinajstić information content (AvgIpc) is 3.33. The van der Waals surface area contributed by atoms with Crippen LogP contribution in [0.5, 0.6) is 5.75 Å². The zero-order valence-corrected chi connectivity index (χ0v) is 19.9. The maximum Gasteiger partial charge on any atom is 0.324 e. The first-order valence-electron chi connectivity index (χ1n) is 11.0. The Morgan fingerprint density at radius 1 is 1.24 bits per heavy atom. The zero-order valence-electron chi connectivity index (χ0n) is 18.3. The van der Waals surface area contributed by atoms with Gasteiger partial charge in [-0.3, -0.25) is 19.1 Å². The number of thiophene rings is 1. The normalized spacial score (nSPS) is 15.9. The van der Waals surface area contributed by atoms with Crippen LogP contribution < -0.4 is 15.6 Å². The summed E-state index contributed by atoms with van der Waals surface area (Å²) in [6.07, 6.45) is 5.22. The minimum atomic E-state index is -0.379. The molecule has 3 amide bonds. The number of aryl methyl sites for hydroxylation is 2. The molecule has 0 radical (unpaired) electrons. The van der Waals surface area contributed by atoms with Crippen molar-refractivity contribution in [1.29, 1.82) is 0 Å². The molecular formula is C23H24N4O4S2. The molecule has 10 heteroatoms. The van der Waals surface area contributed by atoms with Crippen molar-refractivity contribution in [2.75, 3.05) is 26.0 Å². The molecule has 1 N–H and O–H groups in total. The summed E-state index contributed by atoms with van der Waals surface area (Å²) >= 11 is 2.77. The van der Waals surface area contributed by atoms with Gasteiger partial charge in [-0.1, -0.05) is 24.2 Å².